The standard InChI is InChI=1S/C16H23N2S/c1-2-6-16-15(14-7-4-3-5-8-14)9-12-19(16)18-11-10-17-13-18/h9-14H,2-8H2,1H3/q+1. The molecule has 3 rings (SSSR count). The Bertz CT molecular complexity index is 507. The van der Waals surface area contributed by atoms with Gasteiger partial charge in [-0.25, -0.2) is 4.98 Å². The van der Waals surface area contributed by atoms with Crippen molar-refractivity contribution < 1.29 is 0 Å². The molecule has 19 heavy (non-hydrogen) atoms. The van der Waals surface area contributed by atoms with Crippen molar-refractivity contribution in [2.45, 2.75) is 57.8 Å². The molecule has 102 valence electrons. The molecule has 1 aliphatic rings. The summed E-state index contributed by atoms with van der Waals surface area (Å²) >= 11 is 0. The lowest BCUT2D eigenvalue weighted by Crippen LogP contribution is -2.06. The van der Waals surface area contributed by atoms with Crippen molar-refractivity contribution in [1.29, 1.82) is 0 Å². The van der Waals surface area contributed by atoms with Crippen molar-refractivity contribution in [1.82, 2.24) is 8.96 Å². The quantitative estimate of drug-likeness (QED) is 0.722. The molecule has 0 saturated heterocycles. The largest absolute Gasteiger partial charge is 0.240 e. The molecule has 0 radical (unpaired) electrons. The van der Waals surface area contributed by atoms with Crippen LogP contribution in [-0.2, 0) is 6.42 Å². The molecule has 2 nitrogen and oxygen atoms in total. The molecule has 0 aromatic carbocycles. The molecule has 1 atom stereocenters. The van der Waals surface area contributed by atoms with Crippen LogP contribution in [0.2, 0.25) is 0 Å². The van der Waals surface area contributed by atoms with E-state index in [0.717, 1.165) is 5.92 Å². The summed E-state index contributed by atoms with van der Waals surface area (Å²) in [4.78, 5) is 5.89. The zero-order chi connectivity index (χ0) is 13.1. The second-order valence-electron chi connectivity index (χ2n) is 5.50. The van der Waals surface area contributed by atoms with Crippen LogP contribution in [0.3, 0.4) is 0 Å². The fraction of sp³-hybridized carbons (Fsp3) is 0.562. The van der Waals surface area contributed by atoms with Crippen LogP contribution in [0, 0.1) is 0 Å². The van der Waals surface area contributed by atoms with Crippen LogP contribution in [0.5, 0.6) is 0 Å². The molecule has 3 heteroatoms. The molecule has 1 saturated carbocycles. The maximum atomic E-state index is 4.21. The Morgan fingerprint density at radius 2 is 2.16 bits per heavy atom. The average molecular weight is 275 g/mol. The molecular formula is C16H23N2S+. The lowest BCUT2D eigenvalue weighted by Gasteiger charge is -2.20. The Labute approximate surface area is 118 Å². The number of nitrogens with zero attached hydrogens (tertiary/aromatic N) is 2. The van der Waals surface area contributed by atoms with Gasteiger partial charge in [-0.05, 0) is 25.2 Å². The van der Waals surface area contributed by atoms with Gasteiger partial charge in [0.25, 0.3) is 0 Å². The first-order valence-corrected chi connectivity index (χ1v) is 8.77. The minimum atomic E-state index is 0.124. The first-order valence-electron chi connectivity index (χ1n) is 7.53. The van der Waals surface area contributed by atoms with Gasteiger partial charge in [-0.15, -0.1) is 3.97 Å². The third-order valence-corrected chi connectivity index (χ3v) is 6.19. The van der Waals surface area contributed by atoms with Gasteiger partial charge in [0.1, 0.15) is 17.0 Å². The Balaban J connectivity index is 1.95. The van der Waals surface area contributed by atoms with Crippen LogP contribution in [0.4, 0.5) is 0 Å². The van der Waals surface area contributed by atoms with E-state index in [1.54, 1.807) is 10.4 Å². The molecule has 0 amide bonds. The summed E-state index contributed by atoms with van der Waals surface area (Å²) < 4.78 is 2.28. The molecule has 1 unspecified atom stereocenters. The van der Waals surface area contributed by atoms with Crippen LogP contribution < -0.4 is 0 Å². The highest BCUT2D eigenvalue weighted by Crippen LogP contribution is 2.41. The third-order valence-electron chi connectivity index (χ3n) is 4.18. The number of rotatable bonds is 4. The SMILES string of the molecule is CCCc1c(C2CCCCC2)cc[s+]1-n1ccnc1. The van der Waals surface area contributed by atoms with Crippen molar-refractivity contribution in [3.8, 4) is 0 Å². The van der Waals surface area contributed by atoms with Crippen molar-refractivity contribution in [2.24, 2.45) is 0 Å². The Morgan fingerprint density at radius 3 is 2.84 bits per heavy atom. The summed E-state index contributed by atoms with van der Waals surface area (Å²) in [6.45, 7) is 2.29. The molecule has 1 fully saturated rings. The van der Waals surface area contributed by atoms with E-state index < -0.39 is 0 Å². The predicted octanol–water partition coefficient (Wildman–Crippen LogP) is 4.94. The normalized spacial score (nSPS) is 17.8. The second-order valence-corrected chi connectivity index (χ2v) is 7.32. The molecule has 2 aromatic rings. The van der Waals surface area contributed by atoms with Gasteiger partial charge >= 0.3 is 0 Å². The summed E-state index contributed by atoms with van der Waals surface area (Å²) in [5.41, 5.74) is 1.67. The average Bonchev–Trinajstić information content (AvgIpc) is 3.09. The van der Waals surface area contributed by atoms with Crippen molar-refractivity contribution in [2.75, 3.05) is 0 Å². The maximum absolute atomic E-state index is 4.21. The fourth-order valence-electron chi connectivity index (χ4n) is 3.25. The smallest absolute Gasteiger partial charge is 0.182 e. The highest BCUT2D eigenvalue weighted by Gasteiger charge is 2.27. The lowest BCUT2D eigenvalue weighted by atomic mass is 9.84. The molecule has 1 aliphatic carbocycles. The second kappa shape index (κ2) is 5.91. The first kappa shape index (κ1) is 12.9. The van der Waals surface area contributed by atoms with Gasteiger partial charge in [0, 0.05) is 18.1 Å². The summed E-state index contributed by atoms with van der Waals surface area (Å²) in [6, 6.07) is 2.42. The van der Waals surface area contributed by atoms with Gasteiger partial charge in [-0.1, -0.05) is 26.2 Å². The van der Waals surface area contributed by atoms with Crippen LogP contribution in [0.25, 0.3) is 0 Å². The lowest BCUT2D eigenvalue weighted by molar-refractivity contribution is 0.442. The van der Waals surface area contributed by atoms with Crippen LogP contribution in [0.1, 0.15) is 61.8 Å². The van der Waals surface area contributed by atoms with E-state index in [2.05, 4.69) is 33.5 Å². The van der Waals surface area contributed by atoms with Gasteiger partial charge in [0.05, 0.1) is 12.4 Å². The van der Waals surface area contributed by atoms with Gasteiger partial charge in [0.2, 0.25) is 0 Å². The highest BCUT2D eigenvalue weighted by atomic mass is 32.2. The molecular weight excluding hydrogens is 252 g/mol. The summed E-state index contributed by atoms with van der Waals surface area (Å²) in [7, 11) is 0.124. The highest BCUT2D eigenvalue weighted by molar-refractivity contribution is 7.28. The number of aromatic nitrogens is 2. The minimum absolute atomic E-state index is 0.124. The Hall–Kier alpha value is -1.09. The number of hydrogen-bond donors (Lipinski definition) is 0. The van der Waals surface area contributed by atoms with Gasteiger partial charge in [-0.2, -0.15) is 0 Å². The van der Waals surface area contributed by atoms with Crippen LogP contribution in [-0.4, -0.2) is 8.96 Å². The van der Waals surface area contributed by atoms with E-state index in [-0.39, 0.29) is 10.7 Å². The molecule has 0 spiro atoms. The van der Waals surface area contributed by atoms with Gasteiger partial charge < -0.3 is 0 Å². The van der Waals surface area contributed by atoms with E-state index in [0.29, 0.717) is 0 Å². The summed E-state index contributed by atoms with van der Waals surface area (Å²) in [6.07, 6.45) is 15.5. The maximum Gasteiger partial charge on any atom is 0.182 e. The van der Waals surface area contributed by atoms with Crippen LogP contribution >= 0.6 is 10.7 Å². The Morgan fingerprint density at radius 1 is 1.32 bits per heavy atom. The predicted molar refractivity (Wildman–Crippen MR) is 81.8 cm³/mol. The van der Waals surface area contributed by atoms with Crippen molar-refractivity contribution in [3.05, 3.63) is 40.6 Å². The topological polar surface area (TPSA) is 17.8 Å². The Kier molecular flexibility index (Phi) is 4.02. The molecule has 2 heterocycles. The molecule has 0 bridgehead atoms. The van der Waals surface area contributed by atoms with Crippen molar-refractivity contribution >= 4 is 10.7 Å². The zero-order valence-electron chi connectivity index (χ0n) is 11.7. The van der Waals surface area contributed by atoms with Gasteiger partial charge in [-0.3, -0.25) is 0 Å². The molecule has 0 N–H and O–H groups in total. The summed E-state index contributed by atoms with van der Waals surface area (Å²) in [5, 5.41) is 2.40. The van der Waals surface area contributed by atoms with Crippen LogP contribution in [0.15, 0.2) is 30.2 Å². The minimum Gasteiger partial charge on any atom is -0.240 e. The first-order chi connectivity index (χ1) is 9.40. The molecule has 2 aromatic heterocycles. The fourth-order valence-corrected chi connectivity index (χ4v) is 5.31. The monoisotopic (exact) mass is 275 g/mol. The van der Waals surface area contributed by atoms with E-state index in [4.69, 9.17) is 0 Å². The summed E-state index contributed by atoms with van der Waals surface area (Å²) in [5.74, 6) is 0.826. The van der Waals surface area contributed by atoms with E-state index in [1.165, 1.54) is 44.9 Å². The molecule has 0 aliphatic heterocycles. The van der Waals surface area contributed by atoms with Crippen molar-refractivity contribution in [3.63, 3.8) is 0 Å². The van der Waals surface area contributed by atoms with E-state index >= 15 is 0 Å². The van der Waals surface area contributed by atoms with E-state index in [1.807, 2.05) is 12.5 Å². The number of imidazole rings is 1. The van der Waals surface area contributed by atoms with E-state index in [9.17, 15) is 0 Å². The third kappa shape index (κ3) is 2.62. The number of hydrogen-bond acceptors (Lipinski definition) is 1. The zero-order valence-corrected chi connectivity index (χ0v) is 12.5. The number of thiophene rings is 1. The van der Waals surface area contributed by atoms with Gasteiger partial charge in [0.15, 0.2) is 10.3 Å².